The Morgan fingerprint density at radius 2 is 1.35 bits per heavy atom. The van der Waals surface area contributed by atoms with Crippen molar-refractivity contribution in [1.29, 1.82) is 0 Å². The van der Waals surface area contributed by atoms with E-state index in [2.05, 4.69) is 47.4 Å². The van der Waals surface area contributed by atoms with Gasteiger partial charge in [-0.15, -0.1) is 0 Å². The number of aliphatic hydroxyl groups is 1. The summed E-state index contributed by atoms with van der Waals surface area (Å²) in [5, 5.41) is 11.0. The van der Waals surface area contributed by atoms with Gasteiger partial charge in [-0.2, -0.15) is 0 Å². The van der Waals surface area contributed by atoms with Crippen LogP contribution in [0.25, 0.3) is 0 Å². The minimum atomic E-state index is -0.632. The highest BCUT2D eigenvalue weighted by molar-refractivity contribution is 5.54. The van der Waals surface area contributed by atoms with Gasteiger partial charge >= 0.3 is 0 Å². The van der Waals surface area contributed by atoms with Gasteiger partial charge < -0.3 is 10.0 Å². The van der Waals surface area contributed by atoms with Crippen molar-refractivity contribution in [2.24, 2.45) is 0 Å². The molecule has 0 spiro atoms. The van der Waals surface area contributed by atoms with Crippen LogP contribution in [0.1, 0.15) is 29.0 Å². The van der Waals surface area contributed by atoms with Crippen molar-refractivity contribution in [2.75, 3.05) is 4.90 Å². The molecule has 1 aliphatic heterocycles. The van der Waals surface area contributed by atoms with E-state index in [-0.39, 0.29) is 6.04 Å². The third-order valence-corrected chi connectivity index (χ3v) is 4.58. The summed E-state index contributed by atoms with van der Waals surface area (Å²) in [5.41, 5.74) is 4.50. The molecule has 23 heavy (non-hydrogen) atoms. The average Bonchev–Trinajstić information content (AvgIpc) is 2.63. The van der Waals surface area contributed by atoms with Crippen molar-refractivity contribution in [2.45, 2.75) is 18.7 Å². The molecule has 1 aliphatic rings. The minimum Gasteiger partial charge on any atom is -0.369 e. The van der Waals surface area contributed by atoms with Crippen LogP contribution in [0.4, 0.5) is 5.69 Å². The SMILES string of the molecule is O[C@@H]1c2ccccc2C[C@@H](c2ccccc2)N1c1ccccc1. The van der Waals surface area contributed by atoms with E-state index in [1.54, 1.807) is 0 Å². The Kier molecular flexibility index (Phi) is 3.60. The second-order valence-corrected chi connectivity index (χ2v) is 5.95. The molecule has 0 bridgehead atoms. The van der Waals surface area contributed by atoms with Crippen LogP contribution >= 0.6 is 0 Å². The van der Waals surface area contributed by atoms with Crippen molar-refractivity contribution in [3.05, 3.63) is 102 Å². The van der Waals surface area contributed by atoms with Gasteiger partial charge in [0.05, 0.1) is 6.04 Å². The molecule has 0 aromatic heterocycles. The Hall–Kier alpha value is -2.58. The maximum absolute atomic E-state index is 11.0. The molecule has 0 aliphatic carbocycles. The van der Waals surface area contributed by atoms with Gasteiger partial charge in [0.1, 0.15) is 0 Å². The summed E-state index contributed by atoms with van der Waals surface area (Å²) < 4.78 is 0. The van der Waals surface area contributed by atoms with E-state index in [0.29, 0.717) is 0 Å². The third kappa shape index (κ3) is 2.51. The Labute approximate surface area is 136 Å². The average molecular weight is 301 g/mol. The summed E-state index contributed by atoms with van der Waals surface area (Å²) >= 11 is 0. The molecule has 0 radical (unpaired) electrons. The van der Waals surface area contributed by atoms with Gasteiger partial charge in [0.25, 0.3) is 0 Å². The highest BCUT2D eigenvalue weighted by Gasteiger charge is 2.33. The lowest BCUT2D eigenvalue weighted by Crippen LogP contribution is -2.38. The summed E-state index contributed by atoms with van der Waals surface area (Å²) in [6, 6.07) is 28.9. The first-order valence-electron chi connectivity index (χ1n) is 7.99. The predicted molar refractivity (Wildman–Crippen MR) is 93.2 cm³/mol. The number of anilines is 1. The van der Waals surface area contributed by atoms with Crippen molar-refractivity contribution in [1.82, 2.24) is 0 Å². The molecule has 1 N–H and O–H groups in total. The minimum absolute atomic E-state index is 0.128. The summed E-state index contributed by atoms with van der Waals surface area (Å²) in [6.07, 6.45) is 0.263. The van der Waals surface area contributed by atoms with Crippen LogP contribution in [0, 0.1) is 0 Å². The lowest BCUT2D eigenvalue weighted by atomic mass is 9.88. The summed E-state index contributed by atoms with van der Waals surface area (Å²) in [5.74, 6) is 0. The Morgan fingerprint density at radius 3 is 2.09 bits per heavy atom. The fourth-order valence-corrected chi connectivity index (χ4v) is 3.47. The lowest BCUT2D eigenvalue weighted by molar-refractivity contribution is 0.150. The Balaban J connectivity index is 1.85. The number of aliphatic hydroxyl groups excluding tert-OH is 1. The first kappa shape index (κ1) is 14.0. The fourth-order valence-electron chi connectivity index (χ4n) is 3.47. The Morgan fingerprint density at radius 1 is 0.739 bits per heavy atom. The molecule has 2 heteroatoms. The van der Waals surface area contributed by atoms with Crippen LogP contribution in [0.5, 0.6) is 0 Å². The highest BCUT2D eigenvalue weighted by atomic mass is 16.3. The van der Waals surface area contributed by atoms with Gasteiger partial charge in [0.2, 0.25) is 0 Å². The normalized spacial score (nSPS) is 20.1. The van der Waals surface area contributed by atoms with Gasteiger partial charge in [0.15, 0.2) is 6.23 Å². The molecule has 114 valence electrons. The topological polar surface area (TPSA) is 23.5 Å². The maximum atomic E-state index is 11.0. The number of fused-ring (bicyclic) bond motifs is 1. The van der Waals surface area contributed by atoms with Crippen molar-refractivity contribution >= 4 is 5.69 Å². The molecule has 4 rings (SSSR count). The first-order chi connectivity index (χ1) is 11.3. The number of benzene rings is 3. The van der Waals surface area contributed by atoms with Gasteiger partial charge in [-0.05, 0) is 29.7 Å². The smallest absolute Gasteiger partial charge is 0.154 e. The molecule has 2 atom stereocenters. The zero-order chi connectivity index (χ0) is 15.6. The molecular formula is C21H19NO. The van der Waals surface area contributed by atoms with Crippen molar-refractivity contribution < 1.29 is 5.11 Å². The van der Waals surface area contributed by atoms with E-state index in [1.807, 2.05) is 42.5 Å². The van der Waals surface area contributed by atoms with E-state index in [1.165, 1.54) is 11.1 Å². The van der Waals surface area contributed by atoms with E-state index < -0.39 is 6.23 Å². The lowest BCUT2D eigenvalue weighted by Gasteiger charge is -2.42. The molecular weight excluding hydrogens is 282 g/mol. The number of hydrogen-bond donors (Lipinski definition) is 1. The largest absolute Gasteiger partial charge is 0.369 e. The van der Waals surface area contributed by atoms with E-state index in [9.17, 15) is 5.11 Å². The van der Waals surface area contributed by atoms with E-state index >= 15 is 0 Å². The summed E-state index contributed by atoms with van der Waals surface area (Å²) in [6.45, 7) is 0. The van der Waals surface area contributed by atoms with Crippen LogP contribution in [-0.4, -0.2) is 5.11 Å². The number of para-hydroxylation sites is 1. The second kappa shape index (κ2) is 5.90. The maximum Gasteiger partial charge on any atom is 0.154 e. The van der Waals surface area contributed by atoms with Crippen molar-refractivity contribution in [3.63, 3.8) is 0 Å². The van der Waals surface area contributed by atoms with Gasteiger partial charge in [-0.1, -0.05) is 72.8 Å². The molecule has 0 amide bonds. The second-order valence-electron chi connectivity index (χ2n) is 5.95. The third-order valence-electron chi connectivity index (χ3n) is 4.58. The number of hydrogen-bond acceptors (Lipinski definition) is 2. The Bertz CT molecular complexity index is 785. The van der Waals surface area contributed by atoms with Gasteiger partial charge in [-0.25, -0.2) is 0 Å². The van der Waals surface area contributed by atoms with E-state index in [4.69, 9.17) is 0 Å². The van der Waals surface area contributed by atoms with Crippen LogP contribution in [0.2, 0.25) is 0 Å². The quantitative estimate of drug-likeness (QED) is 0.754. The molecule has 0 fully saturated rings. The van der Waals surface area contributed by atoms with Crippen molar-refractivity contribution in [3.8, 4) is 0 Å². The molecule has 0 unspecified atom stereocenters. The van der Waals surface area contributed by atoms with Crippen LogP contribution < -0.4 is 4.90 Å². The fraction of sp³-hybridized carbons (Fsp3) is 0.143. The van der Waals surface area contributed by atoms with E-state index in [0.717, 1.165) is 17.7 Å². The first-order valence-corrected chi connectivity index (χ1v) is 7.99. The molecule has 2 nitrogen and oxygen atoms in total. The predicted octanol–water partition coefficient (Wildman–Crippen LogP) is 4.48. The van der Waals surface area contributed by atoms with Gasteiger partial charge in [0, 0.05) is 11.3 Å². The summed E-state index contributed by atoms with van der Waals surface area (Å²) in [7, 11) is 0. The monoisotopic (exact) mass is 301 g/mol. The molecule has 0 saturated heterocycles. The molecule has 3 aromatic rings. The molecule has 3 aromatic carbocycles. The zero-order valence-corrected chi connectivity index (χ0v) is 12.8. The number of nitrogens with zero attached hydrogens (tertiary/aromatic N) is 1. The van der Waals surface area contributed by atoms with Crippen LogP contribution in [-0.2, 0) is 6.42 Å². The van der Waals surface area contributed by atoms with Crippen LogP contribution in [0.15, 0.2) is 84.9 Å². The summed E-state index contributed by atoms with van der Waals surface area (Å²) in [4.78, 5) is 2.12. The number of rotatable bonds is 2. The molecule has 1 heterocycles. The van der Waals surface area contributed by atoms with Crippen LogP contribution in [0.3, 0.4) is 0 Å². The zero-order valence-electron chi connectivity index (χ0n) is 12.8. The highest BCUT2D eigenvalue weighted by Crippen LogP contribution is 2.41. The molecule has 0 saturated carbocycles. The standard InChI is InChI=1S/C21H19NO/c23-21-19-14-8-7-11-17(19)15-20(16-9-3-1-4-10-16)22(21)18-12-5-2-6-13-18/h1-14,20-21,23H,15H2/t20-,21+/m0/s1. The van der Waals surface area contributed by atoms with Gasteiger partial charge in [-0.3, -0.25) is 0 Å².